The second-order valence-corrected chi connectivity index (χ2v) is 4.89. The van der Waals surface area contributed by atoms with Crippen LogP contribution in [0.1, 0.15) is 18.4 Å². The van der Waals surface area contributed by atoms with Crippen molar-refractivity contribution in [2.75, 3.05) is 5.32 Å². The van der Waals surface area contributed by atoms with Gasteiger partial charge in [-0.3, -0.25) is 0 Å². The Hall–Kier alpha value is -2.29. The average molecular weight is 277 g/mol. The van der Waals surface area contributed by atoms with Gasteiger partial charge in [-0.05, 0) is 25.0 Å². The van der Waals surface area contributed by atoms with Crippen molar-refractivity contribution in [1.82, 2.24) is 4.98 Å². The molecule has 1 heterocycles. The van der Waals surface area contributed by atoms with E-state index in [9.17, 15) is 13.2 Å². The highest BCUT2D eigenvalue weighted by Gasteiger charge is 2.63. The number of benzene rings is 1. The maximum atomic E-state index is 13.0. The number of pyridine rings is 1. The van der Waals surface area contributed by atoms with Crippen LogP contribution in [0.25, 0.3) is 10.9 Å². The highest BCUT2D eigenvalue weighted by Crippen LogP contribution is 2.51. The zero-order chi connectivity index (χ0) is 14.4. The zero-order valence-electron chi connectivity index (χ0n) is 10.3. The van der Waals surface area contributed by atoms with Gasteiger partial charge in [0.15, 0.2) is 0 Å². The van der Waals surface area contributed by atoms with Gasteiger partial charge in [-0.15, -0.1) is 0 Å². The Bertz CT molecular complexity index is 712. The van der Waals surface area contributed by atoms with E-state index in [-0.39, 0.29) is 24.2 Å². The molecule has 6 heteroatoms. The Kier molecular flexibility index (Phi) is 2.61. The largest absolute Gasteiger partial charge is 0.411 e. The minimum Gasteiger partial charge on any atom is -0.355 e. The summed E-state index contributed by atoms with van der Waals surface area (Å²) >= 11 is 0. The molecule has 0 radical (unpaired) electrons. The average Bonchev–Trinajstić information content (AvgIpc) is 3.18. The maximum Gasteiger partial charge on any atom is 0.411 e. The highest BCUT2D eigenvalue weighted by atomic mass is 19.4. The fourth-order valence-electron chi connectivity index (χ4n) is 2.13. The topological polar surface area (TPSA) is 48.7 Å². The minimum atomic E-state index is -4.34. The summed E-state index contributed by atoms with van der Waals surface area (Å²) in [5.74, 6) is 0.000949. The molecular weight excluding hydrogens is 267 g/mol. The Morgan fingerprint density at radius 3 is 2.55 bits per heavy atom. The molecule has 0 spiro atoms. The number of nitriles is 1. The smallest absolute Gasteiger partial charge is 0.355 e. The van der Waals surface area contributed by atoms with Crippen molar-refractivity contribution in [1.29, 1.82) is 5.26 Å². The molecule has 0 bridgehead atoms. The molecule has 0 saturated heterocycles. The van der Waals surface area contributed by atoms with Crippen LogP contribution in [0, 0.1) is 11.3 Å². The van der Waals surface area contributed by atoms with E-state index in [1.807, 2.05) is 6.07 Å². The van der Waals surface area contributed by atoms with Crippen LogP contribution < -0.4 is 5.32 Å². The monoisotopic (exact) mass is 277 g/mol. The van der Waals surface area contributed by atoms with Gasteiger partial charge in [0, 0.05) is 5.39 Å². The lowest BCUT2D eigenvalue weighted by Gasteiger charge is -2.22. The number of nitrogens with one attached hydrogen (secondary N) is 1. The minimum absolute atomic E-state index is 0.000949. The number of anilines is 1. The summed E-state index contributed by atoms with van der Waals surface area (Å²) in [4.78, 5) is 4.15. The van der Waals surface area contributed by atoms with Crippen LogP contribution in [0.4, 0.5) is 19.0 Å². The zero-order valence-corrected chi connectivity index (χ0v) is 10.3. The molecule has 1 saturated carbocycles. The summed E-state index contributed by atoms with van der Waals surface area (Å²) in [6.07, 6.45) is -4.32. The van der Waals surface area contributed by atoms with E-state index in [2.05, 4.69) is 10.3 Å². The van der Waals surface area contributed by atoms with Crippen LogP contribution in [0.2, 0.25) is 0 Å². The fourth-order valence-corrected chi connectivity index (χ4v) is 2.13. The third-order valence-corrected chi connectivity index (χ3v) is 3.49. The molecule has 1 aliphatic rings. The van der Waals surface area contributed by atoms with Crippen molar-refractivity contribution in [2.45, 2.75) is 24.6 Å². The first-order chi connectivity index (χ1) is 9.45. The number of hydrogen-bond acceptors (Lipinski definition) is 3. The van der Waals surface area contributed by atoms with Crippen molar-refractivity contribution in [3.05, 3.63) is 35.9 Å². The Morgan fingerprint density at radius 2 is 1.95 bits per heavy atom. The first-order valence-corrected chi connectivity index (χ1v) is 6.10. The Balaban J connectivity index is 2.06. The number of hydrogen-bond donors (Lipinski definition) is 1. The molecule has 1 aromatic carbocycles. The summed E-state index contributed by atoms with van der Waals surface area (Å²) in [7, 11) is 0. The van der Waals surface area contributed by atoms with E-state index in [0.717, 1.165) is 5.39 Å². The number of halogens is 3. The van der Waals surface area contributed by atoms with Gasteiger partial charge in [0.05, 0.1) is 11.1 Å². The molecule has 0 atom stereocenters. The number of alkyl halides is 3. The second kappa shape index (κ2) is 4.10. The molecule has 1 fully saturated rings. The molecule has 0 unspecified atom stereocenters. The first-order valence-electron chi connectivity index (χ1n) is 6.10. The maximum absolute atomic E-state index is 13.0. The van der Waals surface area contributed by atoms with Gasteiger partial charge in [0.1, 0.15) is 17.4 Å². The molecule has 3 nitrogen and oxygen atoms in total. The summed E-state index contributed by atoms with van der Waals surface area (Å²) in [5, 5.41) is 12.2. The molecule has 20 heavy (non-hydrogen) atoms. The van der Waals surface area contributed by atoms with Crippen LogP contribution in [-0.2, 0) is 0 Å². The van der Waals surface area contributed by atoms with E-state index < -0.39 is 11.7 Å². The van der Waals surface area contributed by atoms with Gasteiger partial charge in [0.25, 0.3) is 0 Å². The van der Waals surface area contributed by atoms with Gasteiger partial charge in [-0.1, -0.05) is 18.2 Å². The SMILES string of the molecule is N#Cc1cc2ccccc2nc1NC1(C(F)(F)F)CC1. The van der Waals surface area contributed by atoms with Gasteiger partial charge in [-0.2, -0.15) is 18.4 Å². The van der Waals surface area contributed by atoms with E-state index in [0.29, 0.717) is 5.52 Å². The molecule has 2 aromatic rings. The van der Waals surface area contributed by atoms with Crippen LogP contribution >= 0.6 is 0 Å². The number of rotatable bonds is 2. The number of fused-ring (bicyclic) bond motifs is 1. The summed E-state index contributed by atoms with van der Waals surface area (Å²) < 4.78 is 38.9. The molecule has 0 aliphatic heterocycles. The van der Waals surface area contributed by atoms with Gasteiger partial charge >= 0.3 is 6.18 Å². The van der Waals surface area contributed by atoms with Crippen molar-refractivity contribution in [3.8, 4) is 6.07 Å². The third-order valence-electron chi connectivity index (χ3n) is 3.49. The quantitative estimate of drug-likeness (QED) is 0.912. The van der Waals surface area contributed by atoms with E-state index in [1.54, 1.807) is 30.3 Å². The Morgan fingerprint density at radius 1 is 1.25 bits per heavy atom. The number of nitrogens with zero attached hydrogens (tertiary/aromatic N) is 2. The molecule has 102 valence electrons. The molecule has 1 N–H and O–H groups in total. The summed E-state index contributed by atoms with van der Waals surface area (Å²) in [5.41, 5.74) is -1.24. The van der Waals surface area contributed by atoms with Crippen LogP contribution in [0.15, 0.2) is 30.3 Å². The normalized spacial score (nSPS) is 16.7. The summed E-state index contributed by atoms with van der Waals surface area (Å²) in [6.45, 7) is 0. The molecule has 1 aliphatic carbocycles. The van der Waals surface area contributed by atoms with E-state index >= 15 is 0 Å². The predicted octanol–water partition coefficient (Wildman–Crippen LogP) is 3.61. The van der Waals surface area contributed by atoms with E-state index in [1.165, 1.54) is 0 Å². The van der Waals surface area contributed by atoms with Crippen LogP contribution in [0.3, 0.4) is 0 Å². The highest BCUT2D eigenvalue weighted by molar-refractivity contribution is 5.83. The lowest BCUT2D eigenvalue weighted by Crippen LogP contribution is -2.39. The molecule has 1 aromatic heterocycles. The van der Waals surface area contributed by atoms with Gasteiger partial charge < -0.3 is 5.32 Å². The summed E-state index contributed by atoms with van der Waals surface area (Å²) in [6, 6.07) is 10.5. The third kappa shape index (κ3) is 1.95. The first kappa shape index (κ1) is 12.7. The molecular formula is C14H10F3N3. The number of para-hydroxylation sites is 1. The standard InChI is InChI=1S/C14H10F3N3/c15-14(16,17)13(5-6-13)20-12-10(8-18)7-9-3-1-2-4-11(9)19-12/h1-4,7H,5-6H2,(H,19,20). The van der Waals surface area contributed by atoms with Crippen molar-refractivity contribution in [2.24, 2.45) is 0 Å². The Labute approximate surface area is 113 Å². The van der Waals surface area contributed by atoms with Gasteiger partial charge in [-0.25, -0.2) is 4.98 Å². The van der Waals surface area contributed by atoms with Crippen molar-refractivity contribution >= 4 is 16.7 Å². The van der Waals surface area contributed by atoms with Gasteiger partial charge in [0.2, 0.25) is 0 Å². The molecule has 3 rings (SSSR count). The second-order valence-electron chi connectivity index (χ2n) is 4.89. The lowest BCUT2D eigenvalue weighted by atomic mass is 10.1. The molecule has 0 amide bonds. The van der Waals surface area contributed by atoms with E-state index in [4.69, 9.17) is 5.26 Å². The van der Waals surface area contributed by atoms with Crippen molar-refractivity contribution in [3.63, 3.8) is 0 Å². The van der Waals surface area contributed by atoms with Crippen molar-refractivity contribution < 1.29 is 13.2 Å². The number of aromatic nitrogens is 1. The van der Waals surface area contributed by atoms with Crippen LogP contribution in [0.5, 0.6) is 0 Å². The van der Waals surface area contributed by atoms with Crippen LogP contribution in [-0.4, -0.2) is 16.7 Å². The lowest BCUT2D eigenvalue weighted by molar-refractivity contribution is -0.151. The fraction of sp³-hybridized carbons (Fsp3) is 0.286. The predicted molar refractivity (Wildman–Crippen MR) is 68.1 cm³/mol.